The lowest BCUT2D eigenvalue weighted by Gasteiger charge is -2.35. The van der Waals surface area contributed by atoms with E-state index in [1.807, 2.05) is 18.2 Å². The van der Waals surface area contributed by atoms with Gasteiger partial charge < -0.3 is 29.9 Å². The average Bonchev–Trinajstić information content (AvgIpc) is 3.05. The van der Waals surface area contributed by atoms with E-state index in [0.29, 0.717) is 34.5 Å². The van der Waals surface area contributed by atoms with Gasteiger partial charge in [0.2, 0.25) is 5.91 Å². The molecule has 0 saturated carbocycles. The number of piperazine rings is 1. The maximum atomic E-state index is 13.6. The van der Waals surface area contributed by atoms with Crippen molar-refractivity contribution in [2.75, 3.05) is 86.4 Å². The zero-order valence-corrected chi connectivity index (χ0v) is 26.9. The first-order chi connectivity index (χ1) is 21.1. The van der Waals surface area contributed by atoms with E-state index in [0.717, 1.165) is 38.4 Å². The van der Waals surface area contributed by atoms with Gasteiger partial charge in [-0.2, -0.15) is 0 Å². The molecule has 234 valence electrons. The van der Waals surface area contributed by atoms with Gasteiger partial charge in [0.15, 0.2) is 0 Å². The molecule has 1 saturated heterocycles. The quantitative estimate of drug-likeness (QED) is 0.276. The van der Waals surface area contributed by atoms with Crippen LogP contribution in [0.3, 0.4) is 0 Å². The summed E-state index contributed by atoms with van der Waals surface area (Å²) in [5.74, 6) is 0.947. The number of nitrogens with zero attached hydrogens (tertiary/aromatic N) is 6. The summed E-state index contributed by atoms with van der Waals surface area (Å²) in [4.78, 5) is 41.8. The Hall–Kier alpha value is -4.26. The lowest BCUT2D eigenvalue weighted by atomic mass is 10.2. The number of anilines is 6. The van der Waals surface area contributed by atoms with Gasteiger partial charge in [-0.15, -0.1) is 0 Å². The number of ether oxygens (including phenoxy) is 2. The summed E-state index contributed by atoms with van der Waals surface area (Å²) < 4.78 is 10.7. The predicted molar refractivity (Wildman–Crippen MR) is 177 cm³/mol. The second-order valence-electron chi connectivity index (χ2n) is 9.89. The number of aromatic nitrogens is 2. The molecule has 12 nitrogen and oxygen atoms in total. The van der Waals surface area contributed by atoms with E-state index in [4.69, 9.17) is 32.7 Å². The molecule has 0 bridgehead atoms. The minimum Gasteiger partial charge on any atom is -0.495 e. The van der Waals surface area contributed by atoms with Gasteiger partial charge in [-0.05, 0) is 30.8 Å². The predicted octanol–water partition coefficient (Wildman–Crippen LogP) is 5.50. The number of rotatable bonds is 10. The minimum absolute atomic E-state index is 0.150. The lowest BCUT2D eigenvalue weighted by molar-refractivity contribution is -0.111. The summed E-state index contributed by atoms with van der Waals surface area (Å²) in [6.45, 7) is 10.5. The first kappa shape index (κ1) is 32.6. The summed E-state index contributed by atoms with van der Waals surface area (Å²) in [6, 6.07) is 8.47. The van der Waals surface area contributed by atoms with Crippen LogP contribution in [0.2, 0.25) is 10.0 Å². The van der Waals surface area contributed by atoms with Gasteiger partial charge in [0, 0.05) is 58.1 Å². The summed E-state index contributed by atoms with van der Waals surface area (Å²) in [5.41, 5.74) is 2.38. The molecular weight excluding hydrogens is 607 g/mol. The van der Waals surface area contributed by atoms with Crippen molar-refractivity contribution in [1.29, 1.82) is 0 Å². The maximum absolute atomic E-state index is 13.6. The van der Waals surface area contributed by atoms with E-state index >= 15 is 0 Å². The summed E-state index contributed by atoms with van der Waals surface area (Å²) in [7, 11) is 6.00. The van der Waals surface area contributed by atoms with Crippen LogP contribution < -0.4 is 34.8 Å². The van der Waals surface area contributed by atoms with Crippen LogP contribution in [-0.4, -0.2) is 87.8 Å². The highest BCUT2D eigenvalue weighted by molar-refractivity contribution is 6.42. The number of nitrogens with one attached hydrogen (secondary N) is 2. The van der Waals surface area contributed by atoms with Crippen LogP contribution in [0.5, 0.6) is 11.5 Å². The molecule has 44 heavy (non-hydrogen) atoms. The van der Waals surface area contributed by atoms with E-state index in [1.54, 1.807) is 19.2 Å². The number of halogens is 2. The highest BCUT2D eigenvalue weighted by Crippen LogP contribution is 2.46. The third-order valence-corrected chi connectivity index (χ3v) is 8.08. The van der Waals surface area contributed by atoms with Crippen molar-refractivity contribution in [2.45, 2.75) is 6.92 Å². The van der Waals surface area contributed by atoms with Crippen LogP contribution >= 0.6 is 23.2 Å². The molecule has 3 aromatic rings. The van der Waals surface area contributed by atoms with Crippen molar-refractivity contribution in [1.82, 2.24) is 14.9 Å². The highest BCUT2D eigenvalue weighted by Gasteiger charge is 2.27. The number of likely N-dealkylation sites (N-methyl/N-ethyl adjacent to an activating group) is 1. The Morgan fingerprint density at radius 2 is 1.64 bits per heavy atom. The fourth-order valence-corrected chi connectivity index (χ4v) is 5.52. The number of hydrogen-bond acceptors (Lipinski definition) is 9. The molecule has 0 unspecified atom stereocenters. The van der Waals surface area contributed by atoms with E-state index < -0.39 is 6.03 Å². The van der Waals surface area contributed by atoms with Gasteiger partial charge in [-0.1, -0.05) is 36.7 Å². The van der Waals surface area contributed by atoms with E-state index in [-0.39, 0.29) is 21.6 Å². The number of hydrogen-bond donors (Lipinski definition) is 2. The zero-order valence-electron chi connectivity index (χ0n) is 25.4. The fourth-order valence-electron chi connectivity index (χ4n) is 4.77. The molecule has 0 aliphatic carbocycles. The summed E-state index contributed by atoms with van der Waals surface area (Å²) in [6.07, 6.45) is 2.55. The SMILES string of the molecule is C=CC(=O)Nc1cc(N2CCN(CC)CC2)ccc1Nc1cc(N(C)C(=O)N(C)c2c(Cl)c(OC)cc(OC)c2Cl)ncn1. The van der Waals surface area contributed by atoms with Crippen LogP contribution in [-0.2, 0) is 4.79 Å². The van der Waals surface area contributed by atoms with Gasteiger partial charge in [-0.3, -0.25) is 14.6 Å². The summed E-state index contributed by atoms with van der Waals surface area (Å²) >= 11 is 13.1. The van der Waals surface area contributed by atoms with E-state index in [9.17, 15) is 9.59 Å². The molecule has 4 rings (SSSR count). The molecule has 2 aromatic carbocycles. The second kappa shape index (κ2) is 14.5. The molecule has 2 N–H and O–H groups in total. The first-order valence-corrected chi connectivity index (χ1v) is 14.6. The van der Waals surface area contributed by atoms with Gasteiger partial charge in [-0.25, -0.2) is 14.8 Å². The molecule has 1 aromatic heterocycles. The topological polar surface area (TPSA) is 115 Å². The smallest absolute Gasteiger partial charge is 0.329 e. The standard InChI is InChI=1S/C30H36Cl2N8O4/c1-7-26(41)36-21-15-19(40-13-11-39(8-2)12-14-40)9-10-20(21)35-24-17-25(34-18-33-24)37(3)30(42)38(4)29-27(31)22(43-5)16-23(44-6)28(29)32/h7,9-10,15-18H,1,8,11-14H2,2-6H3,(H,36,41)(H,33,34,35). The number of carbonyl (C=O) groups excluding carboxylic acids is 2. The normalized spacial score (nSPS) is 13.2. The molecule has 1 aliphatic heterocycles. The molecule has 1 fully saturated rings. The van der Waals surface area contributed by atoms with Crippen LogP contribution in [0.1, 0.15) is 6.92 Å². The maximum Gasteiger partial charge on any atom is 0.329 e. The minimum atomic E-state index is -0.486. The van der Waals surface area contributed by atoms with Crippen molar-refractivity contribution in [3.05, 3.63) is 59.4 Å². The van der Waals surface area contributed by atoms with E-state index in [1.165, 1.54) is 43.5 Å². The number of methoxy groups -OCH3 is 2. The van der Waals surface area contributed by atoms with Gasteiger partial charge >= 0.3 is 6.03 Å². The number of benzene rings is 2. The molecule has 2 heterocycles. The van der Waals surface area contributed by atoms with Gasteiger partial charge in [0.25, 0.3) is 0 Å². The fraction of sp³-hybridized carbons (Fsp3) is 0.333. The van der Waals surface area contributed by atoms with E-state index in [2.05, 4.69) is 43.9 Å². The van der Waals surface area contributed by atoms with Crippen molar-refractivity contribution in [2.24, 2.45) is 0 Å². The van der Waals surface area contributed by atoms with Gasteiger partial charge in [0.1, 0.15) is 39.5 Å². The number of amides is 3. The van der Waals surface area contributed by atoms with Crippen molar-refractivity contribution < 1.29 is 19.1 Å². The zero-order chi connectivity index (χ0) is 32.0. The van der Waals surface area contributed by atoms with Crippen molar-refractivity contribution >= 4 is 69.5 Å². The number of urea groups is 1. The average molecular weight is 644 g/mol. The Morgan fingerprint density at radius 1 is 0.977 bits per heavy atom. The lowest BCUT2D eigenvalue weighted by Crippen LogP contribution is -2.46. The monoisotopic (exact) mass is 642 g/mol. The Kier molecular flexibility index (Phi) is 10.7. The first-order valence-electron chi connectivity index (χ1n) is 13.9. The Bertz CT molecular complexity index is 1500. The van der Waals surface area contributed by atoms with Crippen LogP contribution in [0.15, 0.2) is 49.3 Å². The molecule has 14 heteroatoms. The second-order valence-corrected chi connectivity index (χ2v) is 10.6. The molecule has 1 aliphatic rings. The van der Waals surface area contributed by atoms with Crippen molar-refractivity contribution in [3.63, 3.8) is 0 Å². The van der Waals surface area contributed by atoms with Crippen LogP contribution in [0, 0.1) is 0 Å². The Balaban J connectivity index is 1.58. The van der Waals surface area contributed by atoms with Gasteiger partial charge in [0.05, 0.1) is 31.3 Å². The van der Waals surface area contributed by atoms with Crippen LogP contribution in [0.25, 0.3) is 0 Å². The molecule has 0 spiro atoms. The third-order valence-electron chi connectivity index (χ3n) is 7.35. The summed E-state index contributed by atoms with van der Waals surface area (Å²) in [5, 5.41) is 6.42. The Morgan fingerprint density at radius 3 is 2.23 bits per heavy atom. The molecule has 0 radical (unpaired) electrons. The van der Waals surface area contributed by atoms with Crippen LogP contribution in [0.4, 0.5) is 39.2 Å². The molecular formula is C30H36Cl2N8O4. The molecule has 0 atom stereocenters. The third kappa shape index (κ3) is 7.09. The highest BCUT2D eigenvalue weighted by atomic mass is 35.5. The molecule has 3 amide bonds. The largest absolute Gasteiger partial charge is 0.495 e. The number of carbonyl (C=O) groups is 2. The Labute approximate surface area is 267 Å². The van der Waals surface area contributed by atoms with Crippen molar-refractivity contribution in [3.8, 4) is 11.5 Å².